The first-order valence-electron chi connectivity index (χ1n) is 8.27. The summed E-state index contributed by atoms with van der Waals surface area (Å²) < 4.78 is 0. The second-order valence-corrected chi connectivity index (χ2v) is 7.35. The number of nitrogens with zero attached hydrogens (tertiary/aromatic N) is 3. The number of rotatable bonds is 6. The van der Waals surface area contributed by atoms with Crippen LogP contribution in [0.3, 0.4) is 0 Å². The minimum absolute atomic E-state index is 0.0749. The highest BCUT2D eigenvalue weighted by atomic mass is 32.1. The number of nitrogens with one attached hydrogen (secondary N) is 1. The van der Waals surface area contributed by atoms with Crippen molar-refractivity contribution >= 4 is 17.2 Å². The van der Waals surface area contributed by atoms with Crippen molar-refractivity contribution in [3.05, 3.63) is 40.7 Å². The van der Waals surface area contributed by atoms with E-state index in [1.54, 1.807) is 11.3 Å². The lowest BCUT2D eigenvalue weighted by Gasteiger charge is -2.19. The molecule has 1 aliphatic heterocycles. The molecular formula is C18H24N4OS. The summed E-state index contributed by atoms with van der Waals surface area (Å²) >= 11 is 1.59. The second kappa shape index (κ2) is 7.88. The number of benzene rings is 1. The molecule has 1 amide bonds. The maximum atomic E-state index is 12.1. The average Bonchev–Trinajstić information content (AvgIpc) is 3.23. The number of carbonyl (C=O) groups excluding carboxylic acids is 1. The summed E-state index contributed by atoms with van der Waals surface area (Å²) in [6.45, 7) is 2.93. The largest absolute Gasteiger partial charge is 0.348 e. The third kappa shape index (κ3) is 4.41. The molecule has 0 bridgehead atoms. The van der Waals surface area contributed by atoms with Gasteiger partial charge in [0.2, 0.25) is 5.91 Å². The van der Waals surface area contributed by atoms with Crippen molar-refractivity contribution in [3.8, 4) is 11.3 Å². The van der Waals surface area contributed by atoms with Gasteiger partial charge < -0.3 is 10.2 Å². The zero-order chi connectivity index (χ0) is 16.9. The summed E-state index contributed by atoms with van der Waals surface area (Å²) in [7, 11) is 4.20. The van der Waals surface area contributed by atoms with E-state index < -0.39 is 0 Å². The smallest absolute Gasteiger partial charge is 0.234 e. The SMILES string of the molecule is CN(C)[C@@H]1CCN(CC(=O)NCc2nc(-c3ccccc3)cs2)C1. The minimum Gasteiger partial charge on any atom is -0.348 e. The van der Waals surface area contributed by atoms with Crippen LogP contribution < -0.4 is 5.32 Å². The van der Waals surface area contributed by atoms with Gasteiger partial charge in [-0.1, -0.05) is 30.3 Å². The average molecular weight is 344 g/mol. The minimum atomic E-state index is 0.0749. The molecule has 5 nitrogen and oxygen atoms in total. The Morgan fingerprint density at radius 3 is 2.88 bits per heavy atom. The van der Waals surface area contributed by atoms with Crippen molar-refractivity contribution in [2.75, 3.05) is 33.7 Å². The maximum absolute atomic E-state index is 12.1. The van der Waals surface area contributed by atoms with E-state index in [9.17, 15) is 4.79 Å². The topological polar surface area (TPSA) is 48.5 Å². The Hall–Kier alpha value is -1.76. The molecule has 1 aliphatic rings. The molecule has 6 heteroatoms. The van der Waals surface area contributed by atoms with Crippen LogP contribution in [0, 0.1) is 0 Å². The Morgan fingerprint density at radius 1 is 1.38 bits per heavy atom. The third-order valence-electron chi connectivity index (χ3n) is 4.40. The van der Waals surface area contributed by atoms with Gasteiger partial charge in [-0.3, -0.25) is 9.69 Å². The fourth-order valence-electron chi connectivity index (χ4n) is 2.94. The van der Waals surface area contributed by atoms with Gasteiger partial charge in [0.25, 0.3) is 0 Å². The van der Waals surface area contributed by atoms with Gasteiger partial charge in [-0.15, -0.1) is 11.3 Å². The van der Waals surface area contributed by atoms with E-state index in [4.69, 9.17) is 0 Å². The maximum Gasteiger partial charge on any atom is 0.234 e. The molecule has 2 heterocycles. The van der Waals surface area contributed by atoms with Crippen LogP contribution in [-0.4, -0.2) is 60.5 Å². The molecule has 0 spiro atoms. The van der Waals surface area contributed by atoms with Crippen LogP contribution in [0.5, 0.6) is 0 Å². The number of hydrogen-bond donors (Lipinski definition) is 1. The molecule has 0 aliphatic carbocycles. The Bertz CT molecular complexity index is 671. The molecule has 1 fully saturated rings. The first-order chi connectivity index (χ1) is 11.6. The Labute approximate surface area is 147 Å². The van der Waals surface area contributed by atoms with Gasteiger partial charge in [-0.25, -0.2) is 4.98 Å². The second-order valence-electron chi connectivity index (χ2n) is 6.41. The zero-order valence-corrected chi connectivity index (χ0v) is 15.1. The van der Waals surface area contributed by atoms with E-state index in [0.717, 1.165) is 35.8 Å². The van der Waals surface area contributed by atoms with E-state index in [1.165, 1.54) is 0 Å². The number of likely N-dealkylation sites (N-methyl/N-ethyl adjacent to an activating group) is 1. The van der Waals surface area contributed by atoms with Gasteiger partial charge in [-0.2, -0.15) is 0 Å². The normalized spacial score (nSPS) is 18.2. The van der Waals surface area contributed by atoms with Crippen LogP contribution in [0.25, 0.3) is 11.3 Å². The summed E-state index contributed by atoms with van der Waals surface area (Å²) in [6.07, 6.45) is 1.13. The van der Waals surface area contributed by atoms with Crippen molar-refractivity contribution < 1.29 is 4.79 Å². The highest BCUT2D eigenvalue weighted by Gasteiger charge is 2.25. The van der Waals surface area contributed by atoms with Gasteiger partial charge >= 0.3 is 0 Å². The zero-order valence-electron chi connectivity index (χ0n) is 14.2. The lowest BCUT2D eigenvalue weighted by molar-refractivity contribution is -0.122. The van der Waals surface area contributed by atoms with E-state index in [1.807, 2.05) is 35.7 Å². The predicted octanol–water partition coefficient (Wildman–Crippen LogP) is 2.06. The standard InChI is InChI=1S/C18H24N4OS/c1-21(2)15-8-9-22(11-15)12-17(23)19-10-18-20-16(13-24-18)14-6-4-3-5-7-14/h3-7,13,15H,8-12H2,1-2H3,(H,19,23)/t15-/m1/s1. The molecule has 2 aromatic rings. The van der Waals surface area contributed by atoms with Crippen LogP contribution in [0.15, 0.2) is 35.7 Å². The number of hydrogen-bond acceptors (Lipinski definition) is 5. The summed E-state index contributed by atoms with van der Waals surface area (Å²) in [5.74, 6) is 0.0749. The van der Waals surface area contributed by atoms with Crippen LogP contribution in [0.4, 0.5) is 0 Å². The number of carbonyl (C=O) groups is 1. The van der Waals surface area contributed by atoms with Gasteiger partial charge in [0, 0.05) is 30.1 Å². The van der Waals surface area contributed by atoms with Gasteiger partial charge in [0.1, 0.15) is 5.01 Å². The van der Waals surface area contributed by atoms with Crippen molar-refractivity contribution in [2.24, 2.45) is 0 Å². The molecule has 128 valence electrons. The molecule has 1 aromatic heterocycles. The molecule has 1 N–H and O–H groups in total. The summed E-state index contributed by atoms with van der Waals surface area (Å²) in [4.78, 5) is 21.2. The van der Waals surface area contributed by atoms with Crippen molar-refractivity contribution in [1.82, 2.24) is 20.1 Å². The first-order valence-corrected chi connectivity index (χ1v) is 9.15. The predicted molar refractivity (Wildman–Crippen MR) is 97.9 cm³/mol. The number of likely N-dealkylation sites (tertiary alicyclic amines) is 1. The van der Waals surface area contributed by atoms with Gasteiger partial charge in [0.15, 0.2) is 0 Å². The van der Waals surface area contributed by atoms with E-state index in [0.29, 0.717) is 19.1 Å². The number of aromatic nitrogens is 1. The van der Waals surface area contributed by atoms with Crippen LogP contribution in [-0.2, 0) is 11.3 Å². The lowest BCUT2D eigenvalue weighted by Crippen LogP contribution is -2.38. The van der Waals surface area contributed by atoms with E-state index >= 15 is 0 Å². The van der Waals surface area contributed by atoms with Crippen molar-refractivity contribution in [1.29, 1.82) is 0 Å². The fourth-order valence-corrected chi connectivity index (χ4v) is 3.69. The Kier molecular flexibility index (Phi) is 5.60. The molecular weight excluding hydrogens is 320 g/mol. The monoisotopic (exact) mass is 344 g/mol. The highest BCUT2D eigenvalue weighted by Crippen LogP contribution is 2.21. The van der Waals surface area contributed by atoms with E-state index in [-0.39, 0.29) is 5.91 Å². The molecule has 0 radical (unpaired) electrons. The summed E-state index contributed by atoms with van der Waals surface area (Å²) in [5, 5.41) is 5.97. The van der Waals surface area contributed by atoms with Crippen LogP contribution in [0.1, 0.15) is 11.4 Å². The highest BCUT2D eigenvalue weighted by molar-refractivity contribution is 7.09. The van der Waals surface area contributed by atoms with Gasteiger partial charge in [-0.05, 0) is 20.5 Å². The van der Waals surface area contributed by atoms with Crippen LogP contribution in [0.2, 0.25) is 0 Å². The van der Waals surface area contributed by atoms with Crippen molar-refractivity contribution in [3.63, 3.8) is 0 Å². The molecule has 1 saturated heterocycles. The van der Waals surface area contributed by atoms with Gasteiger partial charge in [0.05, 0.1) is 18.8 Å². The molecule has 0 unspecified atom stereocenters. The summed E-state index contributed by atoms with van der Waals surface area (Å²) in [6, 6.07) is 10.7. The Morgan fingerprint density at radius 2 is 2.17 bits per heavy atom. The van der Waals surface area contributed by atoms with Crippen molar-refractivity contribution in [2.45, 2.75) is 19.0 Å². The molecule has 1 atom stereocenters. The number of thiazole rings is 1. The molecule has 3 rings (SSSR count). The summed E-state index contributed by atoms with van der Waals surface area (Å²) in [5.41, 5.74) is 2.08. The first kappa shape index (κ1) is 17.1. The number of amides is 1. The molecule has 1 aromatic carbocycles. The third-order valence-corrected chi connectivity index (χ3v) is 5.25. The quantitative estimate of drug-likeness (QED) is 0.871. The lowest BCUT2D eigenvalue weighted by atomic mass is 10.2. The molecule has 24 heavy (non-hydrogen) atoms. The fraction of sp³-hybridized carbons (Fsp3) is 0.444. The van der Waals surface area contributed by atoms with E-state index in [2.05, 4.69) is 34.2 Å². The Balaban J connectivity index is 1.46. The van der Waals surface area contributed by atoms with Crippen LogP contribution >= 0.6 is 11.3 Å². The molecule has 0 saturated carbocycles.